The van der Waals surface area contributed by atoms with Crippen LogP contribution in [0.4, 0.5) is 0 Å². The molecule has 0 saturated heterocycles. The molecule has 5 fully saturated rings. The average molecular weight is 344 g/mol. The molecule has 2 unspecified atom stereocenters. The second kappa shape index (κ2) is 5.41. The van der Waals surface area contributed by atoms with E-state index in [0.29, 0.717) is 29.8 Å². The van der Waals surface area contributed by atoms with Crippen LogP contribution in [0.1, 0.15) is 78.1 Å². The van der Waals surface area contributed by atoms with Crippen LogP contribution >= 0.6 is 0 Å². The summed E-state index contributed by atoms with van der Waals surface area (Å²) in [4.78, 5) is 12.1. The van der Waals surface area contributed by atoms with Gasteiger partial charge in [-0.25, -0.2) is 0 Å². The van der Waals surface area contributed by atoms with Gasteiger partial charge in [0.15, 0.2) is 5.78 Å². The summed E-state index contributed by atoms with van der Waals surface area (Å²) in [7, 11) is 0. The molecule has 5 saturated carbocycles. The molecule has 3 heteroatoms. The van der Waals surface area contributed by atoms with E-state index in [4.69, 9.17) is 10.1 Å². The van der Waals surface area contributed by atoms with Crippen molar-refractivity contribution < 1.29 is 9.53 Å². The maximum Gasteiger partial charge on any atom is 0.176 e. The van der Waals surface area contributed by atoms with Crippen LogP contribution in [0.5, 0.6) is 0 Å². The molecule has 0 heterocycles. The number of nitrogens with one attached hydrogen (secondary N) is 1. The van der Waals surface area contributed by atoms with Crippen molar-refractivity contribution in [3.8, 4) is 0 Å². The van der Waals surface area contributed by atoms with Crippen molar-refractivity contribution in [1.29, 1.82) is 5.41 Å². The Balaban J connectivity index is 1.41. The molecule has 0 aliphatic heterocycles. The summed E-state index contributed by atoms with van der Waals surface area (Å²) in [6, 6.07) is 0. The lowest BCUT2D eigenvalue weighted by Gasteiger charge is -2.60. The number of hydrogen-bond donors (Lipinski definition) is 1. The Morgan fingerprint density at radius 3 is 2.44 bits per heavy atom. The molecular weight excluding hydrogens is 310 g/mol. The zero-order chi connectivity index (χ0) is 17.4. The Morgan fingerprint density at radius 2 is 1.68 bits per heavy atom. The molecule has 0 bridgehead atoms. The minimum absolute atomic E-state index is 0.125. The maximum atomic E-state index is 12.1. The first-order valence-electron chi connectivity index (χ1n) is 10.7. The standard InChI is InChI=1S/C22H33NO2/c1-21-12-10-18(24)20(23)17(21)6-5-14-15-7-8-19(25-13-3-4-13)22(15,2)11-9-16(14)21/h13-17,19,23H,3-12H2,1-2H3/t14-,15-,16+,17?,19?,21+,22-/m0/s1. The molecule has 5 aliphatic carbocycles. The van der Waals surface area contributed by atoms with Crippen LogP contribution in [0.15, 0.2) is 0 Å². The number of carbonyl (C=O) groups is 1. The summed E-state index contributed by atoms with van der Waals surface area (Å²) in [5, 5.41) is 8.38. The van der Waals surface area contributed by atoms with Gasteiger partial charge in [-0.3, -0.25) is 4.79 Å². The highest BCUT2D eigenvalue weighted by Gasteiger charge is 2.61. The Bertz CT molecular complexity index is 611. The summed E-state index contributed by atoms with van der Waals surface area (Å²) in [5.41, 5.74) is 1.04. The van der Waals surface area contributed by atoms with Gasteiger partial charge in [-0.05, 0) is 86.4 Å². The van der Waals surface area contributed by atoms with Gasteiger partial charge in [0.05, 0.1) is 17.9 Å². The predicted octanol–water partition coefficient (Wildman–Crippen LogP) is 4.78. The summed E-state index contributed by atoms with van der Waals surface area (Å²) >= 11 is 0. The van der Waals surface area contributed by atoms with Crippen molar-refractivity contribution >= 4 is 11.5 Å². The summed E-state index contributed by atoms with van der Waals surface area (Å²) in [6.45, 7) is 4.94. The van der Waals surface area contributed by atoms with E-state index in [-0.39, 0.29) is 17.1 Å². The Morgan fingerprint density at radius 1 is 0.920 bits per heavy atom. The van der Waals surface area contributed by atoms with E-state index in [0.717, 1.165) is 30.6 Å². The quantitative estimate of drug-likeness (QED) is 0.785. The van der Waals surface area contributed by atoms with Crippen molar-refractivity contribution in [3.05, 3.63) is 0 Å². The molecule has 5 aliphatic rings. The van der Waals surface area contributed by atoms with Crippen molar-refractivity contribution in [1.82, 2.24) is 0 Å². The van der Waals surface area contributed by atoms with Crippen molar-refractivity contribution in [3.63, 3.8) is 0 Å². The van der Waals surface area contributed by atoms with Gasteiger partial charge in [0.25, 0.3) is 0 Å². The molecule has 0 amide bonds. The third kappa shape index (κ3) is 2.27. The minimum Gasteiger partial charge on any atom is -0.374 e. The topological polar surface area (TPSA) is 50.2 Å². The van der Waals surface area contributed by atoms with E-state index in [1.807, 2.05) is 0 Å². The Labute approximate surface area is 151 Å². The third-order valence-corrected chi connectivity index (χ3v) is 9.20. The number of fused-ring (bicyclic) bond motifs is 5. The Hall–Kier alpha value is -0.700. The SMILES string of the molecule is C[C@]12CCC(=O)C(=N)C1CC[C@@H]1[C@H]2CC[C@]2(C)C(OC3CC3)CC[C@@H]12. The molecule has 0 spiro atoms. The maximum absolute atomic E-state index is 12.1. The number of carbonyl (C=O) groups excluding carboxylic acids is 1. The van der Waals surface area contributed by atoms with E-state index >= 15 is 0 Å². The minimum atomic E-state index is 0.125. The molecule has 5 rings (SSSR count). The van der Waals surface area contributed by atoms with Gasteiger partial charge < -0.3 is 10.1 Å². The van der Waals surface area contributed by atoms with Crippen molar-refractivity contribution in [2.75, 3.05) is 0 Å². The van der Waals surface area contributed by atoms with Crippen LogP contribution in [0.3, 0.4) is 0 Å². The number of hydrogen-bond acceptors (Lipinski definition) is 3. The molecule has 138 valence electrons. The number of Topliss-reactive ketones (excluding diaryl/α,β-unsaturated/α-hetero) is 1. The van der Waals surface area contributed by atoms with Gasteiger partial charge in [0, 0.05) is 12.3 Å². The molecule has 1 N–H and O–H groups in total. The monoisotopic (exact) mass is 343 g/mol. The fourth-order valence-corrected chi connectivity index (χ4v) is 7.61. The molecule has 0 aromatic rings. The van der Waals surface area contributed by atoms with E-state index in [2.05, 4.69) is 13.8 Å². The van der Waals surface area contributed by atoms with Crippen molar-refractivity contribution in [2.45, 2.75) is 90.3 Å². The van der Waals surface area contributed by atoms with Crippen LogP contribution in [0.25, 0.3) is 0 Å². The lowest BCUT2D eigenvalue weighted by Crippen LogP contribution is -2.56. The van der Waals surface area contributed by atoms with Gasteiger partial charge in [-0.2, -0.15) is 0 Å². The normalized spacial score (nSPS) is 52.5. The molecule has 0 radical (unpaired) electrons. The lowest BCUT2D eigenvalue weighted by atomic mass is 9.45. The van der Waals surface area contributed by atoms with Gasteiger partial charge in [0.2, 0.25) is 0 Å². The van der Waals surface area contributed by atoms with E-state index < -0.39 is 0 Å². The third-order valence-electron chi connectivity index (χ3n) is 9.20. The van der Waals surface area contributed by atoms with Crippen LogP contribution in [0, 0.1) is 39.9 Å². The molecule has 0 aromatic heterocycles. The largest absolute Gasteiger partial charge is 0.374 e. The first-order chi connectivity index (χ1) is 11.9. The van der Waals surface area contributed by atoms with E-state index in [1.165, 1.54) is 44.9 Å². The van der Waals surface area contributed by atoms with Crippen LogP contribution in [0.2, 0.25) is 0 Å². The zero-order valence-electron chi connectivity index (χ0n) is 15.9. The predicted molar refractivity (Wildman–Crippen MR) is 97.7 cm³/mol. The second-order valence-electron chi connectivity index (χ2n) is 10.3. The number of ether oxygens (including phenoxy) is 1. The average Bonchev–Trinajstić information content (AvgIpc) is 3.34. The lowest BCUT2D eigenvalue weighted by molar-refractivity contribution is -0.129. The number of ketones is 1. The van der Waals surface area contributed by atoms with Crippen LogP contribution in [-0.4, -0.2) is 23.7 Å². The highest BCUT2D eigenvalue weighted by atomic mass is 16.5. The molecule has 7 atom stereocenters. The first-order valence-corrected chi connectivity index (χ1v) is 10.7. The highest BCUT2D eigenvalue weighted by Crippen LogP contribution is 2.66. The van der Waals surface area contributed by atoms with Crippen molar-refractivity contribution in [2.24, 2.45) is 34.5 Å². The fraction of sp³-hybridized carbons (Fsp3) is 0.909. The van der Waals surface area contributed by atoms with Gasteiger partial charge >= 0.3 is 0 Å². The summed E-state index contributed by atoms with van der Waals surface area (Å²) < 4.78 is 6.46. The Kier molecular flexibility index (Phi) is 3.56. The fourth-order valence-electron chi connectivity index (χ4n) is 7.61. The zero-order valence-corrected chi connectivity index (χ0v) is 15.9. The molecular formula is C22H33NO2. The van der Waals surface area contributed by atoms with E-state index in [1.54, 1.807) is 0 Å². The van der Waals surface area contributed by atoms with Gasteiger partial charge in [0.1, 0.15) is 0 Å². The summed E-state index contributed by atoms with van der Waals surface area (Å²) in [6.07, 6.45) is 12.7. The molecule has 25 heavy (non-hydrogen) atoms. The van der Waals surface area contributed by atoms with E-state index in [9.17, 15) is 4.79 Å². The smallest absolute Gasteiger partial charge is 0.176 e. The van der Waals surface area contributed by atoms with Gasteiger partial charge in [-0.1, -0.05) is 13.8 Å². The number of rotatable bonds is 2. The second-order valence-corrected chi connectivity index (χ2v) is 10.3. The van der Waals surface area contributed by atoms with Crippen LogP contribution < -0.4 is 0 Å². The molecule has 3 nitrogen and oxygen atoms in total. The molecule has 0 aromatic carbocycles. The highest BCUT2D eigenvalue weighted by molar-refractivity contribution is 6.40. The first kappa shape index (κ1) is 16.5. The van der Waals surface area contributed by atoms with Gasteiger partial charge in [-0.15, -0.1) is 0 Å². The summed E-state index contributed by atoms with van der Waals surface area (Å²) in [5.74, 6) is 2.69. The van der Waals surface area contributed by atoms with Crippen LogP contribution in [-0.2, 0) is 9.53 Å².